The minimum absolute atomic E-state index is 0.123. The first-order valence-electron chi connectivity index (χ1n) is 5.24. The Balaban J connectivity index is 2.82. The van der Waals surface area contributed by atoms with Crippen molar-refractivity contribution in [2.45, 2.75) is 4.90 Å². The van der Waals surface area contributed by atoms with Crippen molar-refractivity contribution in [2.75, 3.05) is 12.0 Å². The molecule has 0 saturated heterocycles. The number of rotatable bonds is 2. The van der Waals surface area contributed by atoms with Crippen molar-refractivity contribution in [3.63, 3.8) is 0 Å². The van der Waals surface area contributed by atoms with Crippen LogP contribution in [0.4, 0.5) is 5.69 Å². The topological polar surface area (TPSA) is 60.2 Å². The summed E-state index contributed by atoms with van der Waals surface area (Å²) >= 11 is 6.10. The molecule has 0 atom stereocenters. The van der Waals surface area contributed by atoms with Gasteiger partial charge in [-0.3, -0.25) is 0 Å². The molecule has 0 radical (unpaired) electrons. The smallest absolute Gasteiger partial charge is 0.178 e. The van der Waals surface area contributed by atoms with Gasteiger partial charge in [0.15, 0.2) is 9.84 Å². The van der Waals surface area contributed by atoms with Gasteiger partial charge in [-0.2, -0.15) is 0 Å². The van der Waals surface area contributed by atoms with Crippen molar-refractivity contribution in [1.82, 2.24) is 0 Å². The minimum Gasteiger partial charge on any atom is -0.398 e. The fraction of sp³-hybridized carbons (Fsp3) is 0.0769. The number of benzene rings is 2. The van der Waals surface area contributed by atoms with E-state index >= 15 is 0 Å². The van der Waals surface area contributed by atoms with E-state index in [0.717, 1.165) is 6.26 Å². The van der Waals surface area contributed by atoms with Gasteiger partial charge in [-0.15, -0.1) is 0 Å². The maximum atomic E-state index is 11.8. The predicted octanol–water partition coefficient (Wildman–Crippen LogP) is 2.99. The molecule has 0 fully saturated rings. The SMILES string of the molecule is CS(=O)(=O)c1c(N)cccc1-c1ccccc1Cl. The Morgan fingerprint density at radius 3 is 2.22 bits per heavy atom. The Morgan fingerprint density at radius 1 is 1.00 bits per heavy atom. The van der Waals surface area contributed by atoms with Crippen LogP contribution in [0.1, 0.15) is 0 Å². The van der Waals surface area contributed by atoms with Crippen molar-refractivity contribution in [3.05, 3.63) is 47.5 Å². The summed E-state index contributed by atoms with van der Waals surface area (Å²) in [5.41, 5.74) is 7.19. The normalized spacial score (nSPS) is 11.4. The number of anilines is 1. The first-order chi connectivity index (χ1) is 8.41. The lowest BCUT2D eigenvalue weighted by Crippen LogP contribution is -2.04. The maximum Gasteiger partial charge on any atom is 0.178 e. The maximum absolute atomic E-state index is 11.8. The Hall–Kier alpha value is -1.52. The van der Waals surface area contributed by atoms with Crippen LogP contribution < -0.4 is 5.73 Å². The molecular formula is C13H12ClNO2S. The van der Waals surface area contributed by atoms with Crippen LogP contribution in [0.15, 0.2) is 47.4 Å². The van der Waals surface area contributed by atoms with Gasteiger partial charge in [-0.05, 0) is 12.1 Å². The standard InChI is InChI=1S/C13H12ClNO2S/c1-18(16,17)13-10(6-4-8-12(13)15)9-5-2-3-7-11(9)14/h2-8H,15H2,1H3. The first kappa shape index (κ1) is 12.9. The lowest BCUT2D eigenvalue weighted by Gasteiger charge is -2.11. The van der Waals surface area contributed by atoms with Gasteiger partial charge in [0, 0.05) is 22.4 Å². The average Bonchev–Trinajstić information content (AvgIpc) is 2.27. The summed E-state index contributed by atoms with van der Waals surface area (Å²) in [5, 5.41) is 0.494. The summed E-state index contributed by atoms with van der Waals surface area (Å²) in [6, 6.07) is 12.1. The van der Waals surface area contributed by atoms with E-state index in [1.807, 2.05) is 0 Å². The van der Waals surface area contributed by atoms with Crippen LogP contribution in [0, 0.1) is 0 Å². The van der Waals surface area contributed by atoms with Gasteiger partial charge in [-0.1, -0.05) is 41.9 Å². The molecule has 0 amide bonds. The van der Waals surface area contributed by atoms with Crippen molar-refractivity contribution in [3.8, 4) is 11.1 Å². The lowest BCUT2D eigenvalue weighted by atomic mass is 10.1. The van der Waals surface area contributed by atoms with Crippen LogP contribution >= 0.6 is 11.6 Å². The highest BCUT2D eigenvalue weighted by atomic mass is 35.5. The van der Waals surface area contributed by atoms with Crippen LogP contribution in [0.3, 0.4) is 0 Å². The number of hydrogen-bond donors (Lipinski definition) is 1. The summed E-state index contributed by atoms with van der Waals surface area (Å²) in [4.78, 5) is 0.123. The molecule has 0 spiro atoms. The molecule has 0 bridgehead atoms. The van der Waals surface area contributed by atoms with Crippen LogP contribution in [0.25, 0.3) is 11.1 Å². The summed E-state index contributed by atoms with van der Waals surface area (Å²) in [5.74, 6) is 0. The summed E-state index contributed by atoms with van der Waals surface area (Å²) in [6.07, 6.45) is 1.14. The van der Waals surface area contributed by atoms with Gasteiger partial charge < -0.3 is 5.73 Å². The molecule has 5 heteroatoms. The van der Waals surface area contributed by atoms with E-state index in [0.29, 0.717) is 16.1 Å². The molecule has 3 nitrogen and oxygen atoms in total. The molecule has 0 aromatic heterocycles. The molecule has 0 saturated carbocycles. The second-order valence-corrected chi connectivity index (χ2v) is 6.34. The third-order valence-electron chi connectivity index (χ3n) is 2.58. The van der Waals surface area contributed by atoms with E-state index in [-0.39, 0.29) is 10.6 Å². The molecule has 0 aliphatic carbocycles. The Bertz CT molecular complexity index is 696. The number of hydrogen-bond acceptors (Lipinski definition) is 3. The third kappa shape index (κ3) is 2.35. The average molecular weight is 282 g/mol. The van der Waals surface area contributed by atoms with Crippen LogP contribution in [-0.4, -0.2) is 14.7 Å². The van der Waals surface area contributed by atoms with E-state index in [4.69, 9.17) is 17.3 Å². The van der Waals surface area contributed by atoms with E-state index in [9.17, 15) is 8.42 Å². The fourth-order valence-corrected chi connectivity index (χ4v) is 3.17. The molecule has 0 aliphatic heterocycles. The number of sulfone groups is 1. The van der Waals surface area contributed by atoms with E-state index in [2.05, 4.69) is 0 Å². The highest BCUT2D eigenvalue weighted by molar-refractivity contribution is 7.91. The van der Waals surface area contributed by atoms with Crippen molar-refractivity contribution in [1.29, 1.82) is 0 Å². The number of nitrogen functional groups attached to an aromatic ring is 1. The third-order valence-corrected chi connectivity index (χ3v) is 4.11. The molecule has 94 valence electrons. The van der Waals surface area contributed by atoms with E-state index in [1.165, 1.54) is 0 Å². The molecule has 2 aromatic carbocycles. The summed E-state index contributed by atoms with van der Waals surface area (Å²) in [7, 11) is -3.41. The molecule has 2 rings (SSSR count). The van der Waals surface area contributed by atoms with Crippen molar-refractivity contribution in [2.24, 2.45) is 0 Å². The summed E-state index contributed by atoms with van der Waals surface area (Å²) in [6.45, 7) is 0. The van der Waals surface area contributed by atoms with E-state index in [1.54, 1.807) is 42.5 Å². The first-order valence-corrected chi connectivity index (χ1v) is 7.51. The number of nitrogens with two attached hydrogens (primary N) is 1. The van der Waals surface area contributed by atoms with E-state index < -0.39 is 9.84 Å². The molecule has 18 heavy (non-hydrogen) atoms. The van der Waals surface area contributed by atoms with Gasteiger partial charge in [0.1, 0.15) is 0 Å². The van der Waals surface area contributed by atoms with Gasteiger partial charge in [0.05, 0.1) is 10.6 Å². The Kier molecular flexibility index (Phi) is 3.32. The fourth-order valence-electron chi connectivity index (χ4n) is 1.86. The monoisotopic (exact) mass is 281 g/mol. The van der Waals surface area contributed by atoms with Crippen molar-refractivity contribution < 1.29 is 8.42 Å². The van der Waals surface area contributed by atoms with Gasteiger partial charge >= 0.3 is 0 Å². The highest BCUT2D eigenvalue weighted by Crippen LogP contribution is 2.35. The highest BCUT2D eigenvalue weighted by Gasteiger charge is 2.18. The van der Waals surface area contributed by atoms with Crippen molar-refractivity contribution >= 4 is 27.1 Å². The Morgan fingerprint density at radius 2 is 1.61 bits per heavy atom. The zero-order valence-corrected chi connectivity index (χ0v) is 11.3. The van der Waals surface area contributed by atoms with Gasteiger partial charge in [0.2, 0.25) is 0 Å². The molecule has 0 unspecified atom stereocenters. The largest absolute Gasteiger partial charge is 0.398 e. The molecule has 2 aromatic rings. The molecule has 0 heterocycles. The summed E-state index contributed by atoms with van der Waals surface area (Å²) < 4.78 is 23.7. The zero-order valence-electron chi connectivity index (χ0n) is 9.72. The van der Waals surface area contributed by atoms with Crippen LogP contribution in [0.2, 0.25) is 5.02 Å². The lowest BCUT2D eigenvalue weighted by molar-refractivity contribution is 0.602. The number of halogens is 1. The molecular weight excluding hydrogens is 270 g/mol. The van der Waals surface area contributed by atoms with Gasteiger partial charge in [-0.25, -0.2) is 8.42 Å². The zero-order chi connectivity index (χ0) is 13.3. The van der Waals surface area contributed by atoms with Crippen LogP contribution in [-0.2, 0) is 9.84 Å². The minimum atomic E-state index is -3.41. The quantitative estimate of drug-likeness (QED) is 0.861. The van der Waals surface area contributed by atoms with Crippen LogP contribution in [0.5, 0.6) is 0 Å². The second kappa shape index (κ2) is 4.63. The molecule has 0 aliphatic rings. The van der Waals surface area contributed by atoms with Gasteiger partial charge in [0.25, 0.3) is 0 Å². The molecule has 2 N–H and O–H groups in total. The second-order valence-electron chi connectivity index (χ2n) is 3.98. The predicted molar refractivity (Wildman–Crippen MR) is 74.4 cm³/mol. The Labute approximate surface area is 111 Å².